The fourth-order valence-corrected chi connectivity index (χ4v) is 3.71. The van der Waals surface area contributed by atoms with Crippen molar-refractivity contribution >= 4 is 23.3 Å². The van der Waals surface area contributed by atoms with Crippen molar-refractivity contribution in [3.05, 3.63) is 21.4 Å². The molecule has 1 heterocycles. The molecule has 1 aliphatic carbocycles. The molecule has 0 saturated heterocycles. The molecule has 0 spiro atoms. The Morgan fingerprint density at radius 1 is 1.29 bits per heavy atom. The summed E-state index contributed by atoms with van der Waals surface area (Å²) in [5.74, 6) is -0.930. The van der Waals surface area contributed by atoms with E-state index in [-0.39, 0.29) is 0 Å². The van der Waals surface area contributed by atoms with Crippen LogP contribution in [0.1, 0.15) is 47.4 Å². The molecule has 0 bridgehead atoms. The second kappa shape index (κ2) is 6.47. The summed E-state index contributed by atoms with van der Waals surface area (Å²) < 4.78 is 0. The molecule has 5 nitrogen and oxygen atoms in total. The van der Waals surface area contributed by atoms with Crippen LogP contribution in [0.5, 0.6) is 0 Å². The third kappa shape index (κ3) is 3.75. The zero-order valence-electron chi connectivity index (χ0n) is 12.5. The first-order chi connectivity index (χ1) is 9.93. The van der Waals surface area contributed by atoms with Gasteiger partial charge >= 0.3 is 12.0 Å². The molecular formula is C15H22N2O3S. The van der Waals surface area contributed by atoms with E-state index in [0.717, 1.165) is 24.1 Å². The molecule has 1 fully saturated rings. The fourth-order valence-electron chi connectivity index (χ4n) is 2.71. The molecule has 2 amide bonds. The van der Waals surface area contributed by atoms with Crippen molar-refractivity contribution in [1.82, 2.24) is 10.6 Å². The summed E-state index contributed by atoms with van der Waals surface area (Å²) in [6.45, 7) is 4.52. The van der Waals surface area contributed by atoms with Gasteiger partial charge < -0.3 is 15.7 Å². The van der Waals surface area contributed by atoms with Crippen LogP contribution in [0.25, 0.3) is 0 Å². The van der Waals surface area contributed by atoms with Crippen molar-refractivity contribution in [2.45, 2.75) is 58.0 Å². The number of carbonyl (C=O) groups excluding carboxylic acids is 1. The number of carboxylic acids is 1. The second-order valence-electron chi connectivity index (χ2n) is 5.71. The number of nitrogens with one attached hydrogen (secondary N) is 2. The molecule has 21 heavy (non-hydrogen) atoms. The molecule has 1 aromatic heterocycles. The molecule has 1 aliphatic rings. The van der Waals surface area contributed by atoms with Gasteiger partial charge in [-0.1, -0.05) is 19.3 Å². The van der Waals surface area contributed by atoms with Crippen LogP contribution in [0.2, 0.25) is 0 Å². The average Bonchev–Trinajstić information content (AvgIpc) is 2.76. The molecule has 0 radical (unpaired) electrons. The summed E-state index contributed by atoms with van der Waals surface area (Å²) in [5, 5.41) is 14.9. The first-order valence-corrected chi connectivity index (χ1v) is 8.10. The van der Waals surface area contributed by atoms with Gasteiger partial charge in [0.25, 0.3) is 0 Å². The van der Waals surface area contributed by atoms with Crippen LogP contribution in [0, 0.1) is 13.8 Å². The number of urea groups is 1. The second-order valence-corrected chi connectivity index (χ2v) is 7.05. The number of aliphatic carboxylic acids is 1. The summed E-state index contributed by atoms with van der Waals surface area (Å²) in [5.41, 5.74) is 0.121. The van der Waals surface area contributed by atoms with E-state index in [1.54, 1.807) is 11.3 Å². The number of amides is 2. The first kappa shape index (κ1) is 15.8. The zero-order valence-corrected chi connectivity index (χ0v) is 13.3. The first-order valence-electron chi connectivity index (χ1n) is 7.28. The molecular weight excluding hydrogens is 288 g/mol. The Hall–Kier alpha value is -1.56. The third-order valence-corrected chi connectivity index (χ3v) is 5.26. The number of hydrogen-bond donors (Lipinski definition) is 3. The maximum atomic E-state index is 12.0. The lowest BCUT2D eigenvalue weighted by Gasteiger charge is -2.33. The normalized spacial score (nSPS) is 17.2. The lowest BCUT2D eigenvalue weighted by atomic mass is 9.82. The topological polar surface area (TPSA) is 78.4 Å². The molecule has 1 aromatic rings. The smallest absolute Gasteiger partial charge is 0.329 e. The van der Waals surface area contributed by atoms with Crippen molar-refractivity contribution in [2.75, 3.05) is 0 Å². The quantitative estimate of drug-likeness (QED) is 0.800. The molecule has 1 saturated carbocycles. The lowest BCUT2D eigenvalue weighted by molar-refractivity contribution is -0.145. The van der Waals surface area contributed by atoms with Gasteiger partial charge in [-0.3, -0.25) is 0 Å². The predicted octanol–water partition coefficient (Wildman–Crippen LogP) is 2.95. The number of aryl methyl sites for hydroxylation is 2. The largest absolute Gasteiger partial charge is 0.480 e. The van der Waals surface area contributed by atoms with E-state index in [4.69, 9.17) is 0 Å². The summed E-state index contributed by atoms with van der Waals surface area (Å²) in [6, 6.07) is 1.65. The molecule has 0 aromatic carbocycles. The minimum atomic E-state index is -1.09. The third-order valence-electron chi connectivity index (χ3n) is 4.11. The lowest BCUT2D eigenvalue weighted by Crippen LogP contribution is -2.57. The number of thiophene rings is 1. The SMILES string of the molecule is Cc1cc(CNC(=O)NC2(C(=O)O)CCCCC2)sc1C. The van der Waals surface area contributed by atoms with Crippen molar-refractivity contribution in [2.24, 2.45) is 0 Å². The van der Waals surface area contributed by atoms with Crippen LogP contribution in [0.4, 0.5) is 4.79 Å². The van der Waals surface area contributed by atoms with Gasteiger partial charge in [-0.25, -0.2) is 9.59 Å². The van der Waals surface area contributed by atoms with Gasteiger partial charge in [-0.15, -0.1) is 11.3 Å². The van der Waals surface area contributed by atoms with Crippen molar-refractivity contribution < 1.29 is 14.7 Å². The summed E-state index contributed by atoms with van der Waals surface area (Å²) in [4.78, 5) is 25.8. The highest BCUT2D eigenvalue weighted by molar-refractivity contribution is 7.12. The van der Waals surface area contributed by atoms with Crippen molar-refractivity contribution in [1.29, 1.82) is 0 Å². The van der Waals surface area contributed by atoms with Gasteiger partial charge in [0.1, 0.15) is 5.54 Å². The van der Waals surface area contributed by atoms with Gasteiger partial charge in [0.15, 0.2) is 0 Å². The monoisotopic (exact) mass is 310 g/mol. The van der Waals surface area contributed by atoms with Gasteiger partial charge in [0.05, 0.1) is 6.54 Å². The Labute approximate surface area is 128 Å². The van der Waals surface area contributed by atoms with Gasteiger partial charge in [-0.2, -0.15) is 0 Å². The molecule has 0 unspecified atom stereocenters. The average molecular weight is 310 g/mol. The predicted molar refractivity (Wildman–Crippen MR) is 82.6 cm³/mol. The van der Waals surface area contributed by atoms with E-state index < -0.39 is 17.5 Å². The van der Waals surface area contributed by atoms with Crippen LogP contribution < -0.4 is 10.6 Å². The van der Waals surface area contributed by atoms with E-state index in [1.807, 2.05) is 19.9 Å². The van der Waals surface area contributed by atoms with E-state index in [9.17, 15) is 14.7 Å². The molecule has 6 heteroatoms. The van der Waals surface area contributed by atoms with Gasteiger partial charge in [0, 0.05) is 9.75 Å². The maximum absolute atomic E-state index is 12.0. The minimum absolute atomic E-state index is 0.400. The Morgan fingerprint density at radius 3 is 2.48 bits per heavy atom. The van der Waals surface area contributed by atoms with Gasteiger partial charge in [-0.05, 0) is 38.3 Å². The Kier molecular flexibility index (Phi) is 4.88. The van der Waals surface area contributed by atoms with E-state index in [2.05, 4.69) is 10.6 Å². The molecule has 3 N–H and O–H groups in total. The van der Waals surface area contributed by atoms with Crippen LogP contribution in [0.3, 0.4) is 0 Å². The van der Waals surface area contributed by atoms with Gasteiger partial charge in [0.2, 0.25) is 0 Å². The maximum Gasteiger partial charge on any atom is 0.329 e. The highest BCUT2D eigenvalue weighted by Crippen LogP contribution is 2.28. The Morgan fingerprint density at radius 2 is 1.95 bits per heavy atom. The van der Waals surface area contributed by atoms with Crippen LogP contribution in [-0.4, -0.2) is 22.6 Å². The molecule has 2 rings (SSSR count). The number of carbonyl (C=O) groups is 2. The fraction of sp³-hybridized carbons (Fsp3) is 0.600. The summed E-state index contributed by atoms with van der Waals surface area (Å²) >= 11 is 1.65. The van der Waals surface area contributed by atoms with Crippen molar-refractivity contribution in [3.8, 4) is 0 Å². The number of rotatable bonds is 4. The molecule has 0 aliphatic heterocycles. The summed E-state index contributed by atoms with van der Waals surface area (Å²) in [7, 11) is 0. The highest BCUT2D eigenvalue weighted by Gasteiger charge is 2.40. The zero-order chi connectivity index (χ0) is 15.5. The number of hydrogen-bond acceptors (Lipinski definition) is 3. The standard InChI is InChI=1S/C15H22N2O3S/c1-10-8-12(21-11(10)2)9-16-14(20)17-15(13(18)19)6-4-3-5-7-15/h8H,3-7,9H2,1-2H3,(H,18,19)(H2,16,17,20). The van der Waals surface area contributed by atoms with Crippen LogP contribution in [0.15, 0.2) is 6.07 Å². The minimum Gasteiger partial charge on any atom is -0.480 e. The Balaban J connectivity index is 1.92. The highest BCUT2D eigenvalue weighted by atomic mass is 32.1. The summed E-state index contributed by atoms with van der Waals surface area (Å²) in [6.07, 6.45) is 3.73. The molecule has 0 atom stereocenters. The van der Waals surface area contributed by atoms with Crippen LogP contribution >= 0.6 is 11.3 Å². The van der Waals surface area contributed by atoms with E-state index in [1.165, 1.54) is 10.4 Å². The number of carboxylic acid groups (broad SMARTS) is 1. The molecule has 116 valence electrons. The van der Waals surface area contributed by atoms with E-state index in [0.29, 0.717) is 19.4 Å². The van der Waals surface area contributed by atoms with Crippen molar-refractivity contribution in [3.63, 3.8) is 0 Å². The Bertz CT molecular complexity index is 514. The van der Waals surface area contributed by atoms with E-state index >= 15 is 0 Å². The van der Waals surface area contributed by atoms with Crippen LogP contribution in [-0.2, 0) is 11.3 Å².